The highest BCUT2D eigenvalue weighted by atomic mass is 16.4. The topological polar surface area (TPSA) is 172 Å². The molecule has 0 aromatic carbocycles. The van der Waals surface area contributed by atoms with Crippen LogP contribution < -0.4 is 15.3 Å². The lowest BCUT2D eigenvalue weighted by Crippen LogP contribution is -2.24. The molecule has 0 saturated carbocycles. The molecule has 0 aliphatic heterocycles. The Morgan fingerprint density at radius 3 is 0.741 bits per heavy atom. The van der Waals surface area contributed by atoms with Gasteiger partial charge in [-0.05, 0) is 26.2 Å². The molecule has 27 heavy (non-hydrogen) atoms. The zero-order valence-corrected chi connectivity index (χ0v) is 17.0. The second kappa shape index (κ2) is 18.2. The second-order valence-electron chi connectivity index (χ2n) is 6.67. The zero-order chi connectivity index (χ0) is 22.8. The van der Waals surface area contributed by atoms with E-state index in [0.29, 0.717) is 5.41 Å². The first-order valence-corrected chi connectivity index (χ1v) is 8.02. The van der Waals surface area contributed by atoms with Crippen molar-refractivity contribution in [3.8, 4) is 0 Å². The van der Waals surface area contributed by atoms with Crippen molar-refractivity contribution in [2.75, 3.05) is 0 Å². The number of rotatable bonds is 6. The SMILES string of the molecule is CC(=O)CC(=O)[O-].CC(=O)CC(=O)[O-].CC(=O)CC(=O)[O-].CCC(C)(C)C. The van der Waals surface area contributed by atoms with Gasteiger partial charge in [-0.15, -0.1) is 0 Å². The number of carbonyl (C=O) groups is 6. The van der Waals surface area contributed by atoms with Gasteiger partial charge in [-0.1, -0.05) is 34.1 Å². The molecule has 0 aromatic rings. The summed E-state index contributed by atoms with van der Waals surface area (Å²) in [4.78, 5) is 57.9. The third-order valence-corrected chi connectivity index (χ3v) is 2.24. The van der Waals surface area contributed by atoms with Crippen molar-refractivity contribution >= 4 is 35.3 Å². The van der Waals surface area contributed by atoms with Crippen molar-refractivity contribution in [2.24, 2.45) is 5.41 Å². The third-order valence-electron chi connectivity index (χ3n) is 2.24. The van der Waals surface area contributed by atoms with Gasteiger partial charge in [-0.2, -0.15) is 0 Å². The number of carbonyl (C=O) groups excluding carboxylic acids is 6. The lowest BCUT2D eigenvalue weighted by Gasteiger charge is -2.12. The molecule has 0 bridgehead atoms. The number of hydrogen-bond acceptors (Lipinski definition) is 9. The number of Topliss-reactive ketones (excluding diaryl/α,β-unsaturated/α-hetero) is 3. The van der Waals surface area contributed by atoms with Crippen LogP contribution in [0.1, 0.15) is 74.1 Å². The van der Waals surface area contributed by atoms with Gasteiger partial charge in [-0.3, -0.25) is 14.4 Å². The van der Waals surface area contributed by atoms with E-state index in [1.54, 1.807) is 0 Å². The van der Waals surface area contributed by atoms with Crippen molar-refractivity contribution in [3.63, 3.8) is 0 Å². The summed E-state index contributed by atoms with van der Waals surface area (Å²) in [5.74, 6) is -5.06. The average Bonchev–Trinajstić information content (AvgIpc) is 2.34. The summed E-state index contributed by atoms with van der Waals surface area (Å²) in [5, 5.41) is 28.4. The Bertz CT molecular complexity index is 402. The van der Waals surface area contributed by atoms with Crippen molar-refractivity contribution in [3.05, 3.63) is 0 Å². The highest BCUT2D eigenvalue weighted by Crippen LogP contribution is 2.16. The second-order valence-corrected chi connectivity index (χ2v) is 6.67. The molecule has 0 saturated heterocycles. The van der Waals surface area contributed by atoms with Gasteiger partial charge in [0.25, 0.3) is 0 Å². The summed E-state index contributed by atoms with van der Waals surface area (Å²) in [6, 6.07) is 0. The Kier molecular flexibility index (Phi) is 21.7. The summed E-state index contributed by atoms with van der Waals surface area (Å²) >= 11 is 0. The van der Waals surface area contributed by atoms with Crippen molar-refractivity contribution < 1.29 is 44.1 Å². The van der Waals surface area contributed by atoms with Gasteiger partial charge in [0.2, 0.25) is 0 Å². The van der Waals surface area contributed by atoms with Gasteiger partial charge in [0.05, 0.1) is 0 Å². The molecule has 0 heterocycles. The molecule has 0 radical (unpaired) electrons. The standard InChI is InChI=1S/C6H14.3C4H6O3/c1-5-6(2,3)4;3*1-3(5)2-4(6)7/h5H2,1-4H3;3*2H2,1H3,(H,6,7)/p-3. The Balaban J connectivity index is -0.000000131. The summed E-state index contributed by atoms with van der Waals surface area (Å²) in [5.41, 5.74) is 0.542. The van der Waals surface area contributed by atoms with Crippen LogP contribution >= 0.6 is 0 Å². The molecule has 0 N–H and O–H groups in total. The summed E-state index contributed by atoms with van der Waals surface area (Å²) < 4.78 is 0. The summed E-state index contributed by atoms with van der Waals surface area (Å²) in [6.07, 6.45) is -0.146. The first kappa shape index (κ1) is 32.1. The maximum absolute atomic E-state index is 9.83. The summed E-state index contributed by atoms with van der Waals surface area (Å²) in [7, 11) is 0. The fraction of sp³-hybridized carbons (Fsp3) is 0.667. The molecule has 0 amide bonds. The van der Waals surface area contributed by atoms with E-state index >= 15 is 0 Å². The molecule has 0 aliphatic carbocycles. The van der Waals surface area contributed by atoms with Gasteiger partial charge in [0.1, 0.15) is 17.3 Å². The van der Waals surface area contributed by atoms with Crippen LogP contribution in [0.25, 0.3) is 0 Å². The molecule has 0 atom stereocenters. The number of hydrogen-bond donors (Lipinski definition) is 0. The minimum Gasteiger partial charge on any atom is -0.550 e. The van der Waals surface area contributed by atoms with Gasteiger partial charge < -0.3 is 29.7 Å². The van der Waals surface area contributed by atoms with Crippen molar-refractivity contribution in [1.82, 2.24) is 0 Å². The third kappa shape index (κ3) is 69.7. The molecular formula is C18H29O9-3. The molecule has 0 aliphatic rings. The minimum atomic E-state index is -1.31. The lowest BCUT2D eigenvalue weighted by atomic mass is 9.94. The molecule has 0 fully saturated rings. The molecule has 9 nitrogen and oxygen atoms in total. The summed E-state index contributed by atoms with van der Waals surface area (Å²) in [6.45, 7) is 12.5. The number of aliphatic carboxylic acids is 3. The molecule has 9 heteroatoms. The first-order chi connectivity index (χ1) is 11.9. The predicted octanol–water partition coefficient (Wildman–Crippen LogP) is -1.41. The van der Waals surface area contributed by atoms with Gasteiger partial charge in [-0.25, -0.2) is 0 Å². The van der Waals surface area contributed by atoms with Crippen LogP contribution in [0.5, 0.6) is 0 Å². The smallest absolute Gasteiger partial charge is 0.135 e. The molecule has 158 valence electrons. The molecular weight excluding hydrogens is 360 g/mol. The maximum atomic E-state index is 9.83. The van der Waals surface area contributed by atoms with E-state index in [1.165, 1.54) is 27.2 Å². The predicted molar refractivity (Wildman–Crippen MR) is 90.7 cm³/mol. The van der Waals surface area contributed by atoms with Gasteiger partial charge in [0.15, 0.2) is 0 Å². The van der Waals surface area contributed by atoms with Crippen LogP contribution in [0.4, 0.5) is 0 Å². The fourth-order valence-electron chi connectivity index (χ4n) is 0.610. The van der Waals surface area contributed by atoms with Crippen molar-refractivity contribution in [1.29, 1.82) is 0 Å². The molecule has 0 aromatic heterocycles. The molecule has 0 spiro atoms. The Morgan fingerprint density at radius 2 is 0.741 bits per heavy atom. The number of carboxylic acid groups (broad SMARTS) is 3. The van der Waals surface area contributed by atoms with Crippen LogP contribution in [0.2, 0.25) is 0 Å². The van der Waals surface area contributed by atoms with E-state index in [4.69, 9.17) is 0 Å². The Morgan fingerprint density at radius 1 is 0.593 bits per heavy atom. The van der Waals surface area contributed by atoms with Gasteiger partial charge >= 0.3 is 0 Å². The maximum Gasteiger partial charge on any atom is 0.135 e. The van der Waals surface area contributed by atoms with E-state index in [-0.39, 0.29) is 17.3 Å². The van der Waals surface area contributed by atoms with Crippen molar-refractivity contribution in [2.45, 2.75) is 74.1 Å². The monoisotopic (exact) mass is 389 g/mol. The van der Waals surface area contributed by atoms with Crippen LogP contribution in [-0.4, -0.2) is 35.3 Å². The Labute approximate surface area is 159 Å². The molecule has 0 rings (SSSR count). The van der Waals surface area contributed by atoms with Crippen LogP contribution in [0.3, 0.4) is 0 Å². The van der Waals surface area contributed by atoms with Crippen LogP contribution in [0, 0.1) is 5.41 Å². The first-order valence-electron chi connectivity index (χ1n) is 8.02. The number of carboxylic acids is 3. The normalized spacial score (nSPS) is 9.00. The van der Waals surface area contributed by atoms with Crippen LogP contribution in [0.15, 0.2) is 0 Å². The van der Waals surface area contributed by atoms with E-state index < -0.39 is 37.2 Å². The Hall–Kier alpha value is -2.58. The zero-order valence-electron chi connectivity index (χ0n) is 17.0. The van der Waals surface area contributed by atoms with E-state index in [1.807, 2.05) is 0 Å². The van der Waals surface area contributed by atoms with E-state index in [2.05, 4.69) is 27.7 Å². The fourth-order valence-corrected chi connectivity index (χ4v) is 0.610. The van der Waals surface area contributed by atoms with Crippen LogP contribution in [-0.2, 0) is 28.8 Å². The van der Waals surface area contributed by atoms with E-state index in [9.17, 15) is 44.1 Å². The highest BCUT2D eigenvalue weighted by Gasteiger charge is 2.03. The average molecular weight is 389 g/mol. The lowest BCUT2D eigenvalue weighted by molar-refractivity contribution is -0.306. The number of ketones is 3. The largest absolute Gasteiger partial charge is 0.550 e. The van der Waals surface area contributed by atoms with E-state index in [0.717, 1.165) is 0 Å². The minimum absolute atomic E-state index is 0.375. The quantitative estimate of drug-likeness (QED) is 0.494. The molecule has 0 unspecified atom stereocenters. The highest BCUT2D eigenvalue weighted by molar-refractivity contribution is 5.93. The van der Waals surface area contributed by atoms with Gasteiger partial charge in [0, 0.05) is 37.2 Å².